The van der Waals surface area contributed by atoms with E-state index in [4.69, 9.17) is 0 Å². The smallest absolute Gasteiger partial charge is 0.0378 e. The number of anilines is 1. The van der Waals surface area contributed by atoms with E-state index in [1.807, 2.05) is 0 Å². The van der Waals surface area contributed by atoms with Crippen molar-refractivity contribution in [1.82, 2.24) is 5.32 Å². The van der Waals surface area contributed by atoms with Crippen LogP contribution in [0.2, 0.25) is 0 Å². The molecule has 2 N–H and O–H groups in total. The molecule has 2 heteroatoms. The fourth-order valence-corrected chi connectivity index (χ4v) is 2.85. The minimum absolute atomic E-state index is 0.701. The molecule has 2 nitrogen and oxygen atoms in total. The van der Waals surface area contributed by atoms with Crippen LogP contribution in [0.15, 0.2) is 18.2 Å². The van der Waals surface area contributed by atoms with Crippen LogP contribution in [0.1, 0.15) is 42.7 Å². The molecule has 0 spiro atoms. The van der Waals surface area contributed by atoms with Crippen molar-refractivity contribution in [3.05, 3.63) is 29.3 Å². The van der Waals surface area contributed by atoms with Crippen LogP contribution in [0.3, 0.4) is 0 Å². The quantitative estimate of drug-likeness (QED) is 0.834. The van der Waals surface area contributed by atoms with Crippen molar-refractivity contribution < 1.29 is 0 Å². The van der Waals surface area contributed by atoms with Gasteiger partial charge in [0, 0.05) is 30.7 Å². The molecule has 3 rings (SSSR count). The second kappa shape index (κ2) is 4.69. The first-order valence-electron chi connectivity index (χ1n) is 6.91. The van der Waals surface area contributed by atoms with Crippen LogP contribution in [-0.4, -0.2) is 19.1 Å². The monoisotopic (exact) mass is 230 g/mol. The standard InChI is InChI=1S/C15H22N2/c1-11-5-6-14-12(7-8-16-15(14)9-11)10-17-13-3-2-4-13/h5-6,9,12-13,16-17H,2-4,7-8,10H2,1H3. The number of fused-ring (bicyclic) bond motifs is 1. The Bertz CT molecular complexity index is 396. The predicted molar refractivity (Wildman–Crippen MR) is 72.7 cm³/mol. The largest absolute Gasteiger partial charge is 0.385 e. The van der Waals surface area contributed by atoms with E-state index in [0.717, 1.165) is 19.1 Å². The zero-order chi connectivity index (χ0) is 11.7. The van der Waals surface area contributed by atoms with Crippen molar-refractivity contribution in [2.45, 2.75) is 44.6 Å². The van der Waals surface area contributed by atoms with Gasteiger partial charge in [-0.25, -0.2) is 0 Å². The third-order valence-corrected chi connectivity index (χ3v) is 4.21. The van der Waals surface area contributed by atoms with Crippen molar-refractivity contribution >= 4 is 5.69 Å². The first kappa shape index (κ1) is 11.1. The van der Waals surface area contributed by atoms with Crippen molar-refractivity contribution in [2.75, 3.05) is 18.4 Å². The molecule has 2 aliphatic rings. The molecule has 1 heterocycles. The van der Waals surface area contributed by atoms with Crippen LogP contribution in [0, 0.1) is 6.92 Å². The minimum Gasteiger partial charge on any atom is -0.385 e. The molecule has 1 aliphatic heterocycles. The Hall–Kier alpha value is -1.02. The zero-order valence-corrected chi connectivity index (χ0v) is 10.6. The molecule has 0 aromatic heterocycles. The minimum atomic E-state index is 0.701. The molecule has 1 atom stereocenters. The number of hydrogen-bond acceptors (Lipinski definition) is 2. The van der Waals surface area contributed by atoms with Gasteiger partial charge in [-0.1, -0.05) is 18.6 Å². The maximum atomic E-state index is 3.72. The highest BCUT2D eigenvalue weighted by molar-refractivity contribution is 5.56. The van der Waals surface area contributed by atoms with Crippen molar-refractivity contribution in [2.24, 2.45) is 0 Å². The van der Waals surface area contributed by atoms with E-state index in [9.17, 15) is 0 Å². The molecule has 17 heavy (non-hydrogen) atoms. The van der Waals surface area contributed by atoms with E-state index in [-0.39, 0.29) is 0 Å². The normalized spacial score (nSPS) is 23.7. The van der Waals surface area contributed by atoms with E-state index in [0.29, 0.717) is 5.92 Å². The van der Waals surface area contributed by atoms with Gasteiger partial charge in [0.2, 0.25) is 0 Å². The lowest BCUT2D eigenvalue weighted by Gasteiger charge is -2.32. The summed E-state index contributed by atoms with van der Waals surface area (Å²) in [4.78, 5) is 0. The van der Waals surface area contributed by atoms with Crippen LogP contribution < -0.4 is 10.6 Å². The molecule has 0 saturated heterocycles. The Morgan fingerprint density at radius 3 is 2.94 bits per heavy atom. The summed E-state index contributed by atoms with van der Waals surface area (Å²) in [5, 5.41) is 7.24. The van der Waals surface area contributed by atoms with Crippen LogP contribution in [0.5, 0.6) is 0 Å². The van der Waals surface area contributed by atoms with Gasteiger partial charge >= 0.3 is 0 Å². The van der Waals surface area contributed by atoms with Crippen LogP contribution >= 0.6 is 0 Å². The van der Waals surface area contributed by atoms with Crippen molar-refractivity contribution in [3.63, 3.8) is 0 Å². The number of hydrogen-bond donors (Lipinski definition) is 2. The third kappa shape index (κ3) is 2.32. The van der Waals surface area contributed by atoms with Gasteiger partial charge < -0.3 is 10.6 Å². The van der Waals surface area contributed by atoms with E-state index >= 15 is 0 Å². The van der Waals surface area contributed by atoms with Gasteiger partial charge in [0.05, 0.1) is 0 Å². The predicted octanol–water partition coefficient (Wildman–Crippen LogP) is 3.04. The molecule has 1 aliphatic carbocycles. The lowest BCUT2D eigenvalue weighted by molar-refractivity contribution is 0.329. The number of benzene rings is 1. The van der Waals surface area contributed by atoms with Gasteiger partial charge in [-0.2, -0.15) is 0 Å². The summed E-state index contributed by atoms with van der Waals surface area (Å²) in [5.74, 6) is 0.701. The molecule has 1 fully saturated rings. The molecule has 92 valence electrons. The summed E-state index contributed by atoms with van der Waals surface area (Å²) in [7, 11) is 0. The summed E-state index contributed by atoms with van der Waals surface area (Å²) in [6, 6.07) is 7.63. The maximum Gasteiger partial charge on any atom is 0.0378 e. The lowest BCUT2D eigenvalue weighted by Crippen LogP contribution is -2.38. The van der Waals surface area contributed by atoms with Gasteiger partial charge in [0.15, 0.2) is 0 Å². The Labute approximate surface area is 104 Å². The van der Waals surface area contributed by atoms with Gasteiger partial charge in [-0.05, 0) is 43.4 Å². The van der Waals surface area contributed by atoms with Gasteiger partial charge in [0.25, 0.3) is 0 Å². The Morgan fingerprint density at radius 2 is 2.18 bits per heavy atom. The zero-order valence-electron chi connectivity index (χ0n) is 10.6. The number of rotatable bonds is 3. The molecule has 0 bridgehead atoms. The molecule has 1 saturated carbocycles. The molecule has 1 aromatic carbocycles. The molecule has 0 radical (unpaired) electrons. The maximum absolute atomic E-state index is 3.72. The highest BCUT2D eigenvalue weighted by atomic mass is 14.9. The fourth-order valence-electron chi connectivity index (χ4n) is 2.85. The number of nitrogens with one attached hydrogen (secondary N) is 2. The van der Waals surface area contributed by atoms with Gasteiger partial charge in [0.1, 0.15) is 0 Å². The molecule has 0 amide bonds. The average molecular weight is 230 g/mol. The first-order chi connectivity index (χ1) is 8.33. The SMILES string of the molecule is Cc1ccc2c(c1)NCCC2CNC1CCC1. The van der Waals surface area contributed by atoms with Gasteiger partial charge in [-0.3, -0.25) is 0 Å². The third-order valence-electron chi connectivity index (χ3n) is 4.21. The summed E-state index contributed by atoms with van der Waals surface area (Å²) in [6.45, 7) is 4.44. The highest BCUT2D eigenvalue weighted by Crippen LogP contribution is 2.32. The number of aryl methyl sites for hydroxylation is 1. The Kier molecular flexibility index (Phi) is 3.06. The second-order valence-electron chi connectivity index (χ2n) is 5.54. The average Bonchev–Trinajstić information content (AvgIpc) is 2.26. The highest BCUT2D eigenvalue weighted by Gasteiger charge is 2.22. The second-order valence-corrected chi connectivity index (χ2v) is 5.54. The lowest BCUT2D eigenvalue weighted by atomic mass is 9.88. The van der Waals surface area contributed by atoms with Crippen molar-refractivity contribution in [3.8, 4) is 0 Å². The molecular weight excluding hydrogens is 208 g/mol. The first-order valence-corrected chi connectivity index (χ1v) is 6.91. The fraction of sp³-hybridized carbons (Fsp3) is 0.600. The summed E-state index contributed by atoms with van der Waals surface area (Å²) >= 11 is 0. The summed E-state index contributed by atoms with van der Waals surface area (Å²) < 4.78 is 0. The Morgan fingerprint density at radius 1 is 1.29 bits per heavy atom. The van der Waals surface area contributed by atoms with Crippen molar-refractivity contribution in [1.29, 1.82) is 0 Å². The van der Waals surface area contributed by atoms with E-state index in [2.05, 4.69) is 35.8 Å². The molecular formula is C15H22N2. The Balaban J connectivity index is 1.69. The molecule has 1 unspecified atom stereocenters. The topological polar surface area (TPSA) is 24.1 Å². The van der Waals surface area contributed by atoms with Crippen LogP contribution in [0.25, 0.3) is 0 Å². The van der Waals surface area contributed by atoms with E-state index < -0.39 is 0 Å². The van der Waals surface area contributed by atoms with E-state index in [1.54, 1.807) is 0 Å². The molecule has 1 aromatic rings. The summed E-state index contributed by atoms with van der Waals surface area (Å²) in [5.41, 5.74) is 4.22. The van der Waals surface area contributed by atoms with E-state index in [1.165, 1.54) is 42.5 Å². The van der Waals surface area contributed by atoms with Crippen LogP contribution in [-0.2, 0) is 0 Å². The van der Waals surface area contributed by atoms with Gasteiger partial charge in [-0.15, -0.1) is 0 Å². The summed E-state index contributed by atoms with van der Waals surface area (Å²) in [6.07, 6.45) is 5.44. The van der Waals surface area contributed by atoms with Crippen LogP contribution in [0.4, 0.5) is 5.69 Å².